The molecule has 2 aliphatic heterocycles. The average molecular weight is 658 g/mol. The van der Waals surface area contributed by atoms with Gasteiger partial charge in [0.15, 0.2) is 5.82 Å². The Hall–Kier alpha value is -2.89. The number of amides is 1. The zero-order chi connectivity index (χ0) is 30.5. The number of nitrogen functional groups attached to an aromatic ring is 1. The van der Waals surface area contributed by atoms with E-state index in [0.717, 1.165) is 38.8 Å². The summed E-state index contributed by atoms with van der Waals surface area (Å²) in [7, 11) is 0. The predicted molar refractivity (Wildman–Crippen MR) is 164 cm³/mol. The molecule has 0 bridgehead atoms. The van der Waals surface area contributed by atoms with E-state index < -0.39 is 11.6 Å². The van der Waals surface area contributed by atoms with Crippen LogP contribution in [0.3, 0.4) is 0 Å². The van der Waals surface area contributed by atoms with E-state index >= 15 is 0 Å². The topological polar surface area (TPSA) is 89.5 Å². The van der Waals surface area contributed by atoms with E-state index in [2.05, 4.69) is 70.1 Å². The maximum absolute atomic E-state index is 14.3. The number of anilines is 1. The lowest BCUT2D eigenvalue weighted by atomic mass is 9.96. The van der Waals surface area contributed by atoms with Gasteiger partial charge in [-0.25, -0.2) is 8.78 Å². The minimum atomic E-state index is -0.844. The number of carbonyl (C=O) groups excluding carboxylic acids is 1. The summed E-state index contributed by atoms with van der Waals surface area (Å²) in [4.78, 5) is 18.3. The molecule has 2 N–H and O–H groups in total. The van der Waals surface area contributed by atoms with Gasteiger partial charge in [0, 0.05) is 24.6 Å². The number of hydrogen-bond acceptors (Lipinski definition) is 6. The largest absolute Gasteiger partial charge is 0.396 e. The number of nitrogens with two attached hydrogens (primary N) is 1. The molecule has 2 aromatic carbocycles. The van der Waals surface area contributed by atoms with Gasteiger partial charge in [-0.2, -0.15) is 0 Å². The van der Waals surface area contributed by atoms with Crippen molar-refractivity contribution in [3.8, 4) is 11.3 Å². The third kappa shape index (κ3) is 6.21. The van der Waals surface area contributed by atoms with Crippen LogP contribution in [0, 0.1) is 30.9 Å². The second-order valence-electron chi connectivity index (χ2n) is 12.8. The molecule has 1 aliphatic carbocycles. The molecule has 3 aromatic rings. The van der Waals surface area contributed by atoms with Gasteiger partial charge in [-0.3, -0.25) is 14.4 Å². The molecule has 3 fully saturated rings. The first kappa shape index (κ1) is 30.1. The van der Waals surface area contributed by atoms with Crippen LogP contribution < -0.4 is 5.73 Å². The molecule has 230 valence electrons. The number of aromatic nitrogens is 3. The van der Waals surface area contributed by atoms with Crippen LogP contribution in [0.4, 0.5) is 14.5 Å². The Labute approximate surface area is 259 Å². The van der Waals surface area contributed by atoms with Gasteiger partial charge in [0.1, 0.15) is 17.6 Å². The number of nitrogens with zero attached hydrogens (tertiary/aromatic N) is 5. The molecule has 3 aliphatic rings. The zero-order valence-electron chi connectivity index (χ0n) is 25.0. The number of aryl methyl sites for hydroxylation is 2. The van der Waals surface area contributed by atoms with Crippen LogP contribution >= 0.6 is 15.9 Å². The normalized spacial score (nSPS) is 23.6. The molecule has 0 spiro atoms. The SMILES string of the molecule is Cc1ccc(C)c(C2CN(C(=O)CC3(CN4CCCC4Cn4cc(-c5cc(F)c(Br)c(F)c5N)nn4)CC3)C(C)CO2)c1. The smallest absolute Gasteiger partial charge is 0.223 e. The van der Waals surface area contributed by atoms with Crippen LogP contribution in [0.2, 0.25) is 0 Å². The fourth-order valence-electron chi connectivity index (χ4n) is 6.68. The van der Waals surface area contributed by atoms with Gasteiger partial charge in [-0.05, 0) is 91.5 Å². The minimum Gasteiger partial charge on any atom is -0.396 e. The molecule has 6 rings (SSSR count). The number of ether oxygens (including phenoxy) is 1. The van der Waals surface area contributed by atoms with Crippen molar-refractivity contribution in [2.45, 2.75) is 77.6 Å². The van der Waals surface area contributed by atoms with Crippen LogP contribution in [0.25, 0.3) is 11.3 Å². The highest BCUT2D eigenvalue weighted by Gasteiger charge is 2.48. The third-order valence-electron chi connectivity index (χ3n) is 9.47. The van der Waals surface area contributed by atoms with Crippen molar-refractivity contribution >= 4 is 27.5 Å². The van der Waals surface area contributed by atoms with E-state index in [1.807, 2.05) is 4.90 Å². The fraction of sp³-hybridized carbons (Fsp3) is 0.531. The zero-order valence-corrected chi connectivity index (χ0v) is 26.5. The summed E-state index contributed by atoms with van der Waals surface area (Å²) in [6.45, 7) is 9.84. The molecule has 3 unspecified atom stereocenters. The molecule has 1 saturated carbocycles. The van der Waals surface area contributed by atoms with E-state index in [1.54, 1.807) is 10.9 Å². The first-order valence-electron chi connectivity index (χ1n) is 15.1. The molecular formula is C32H39BrF2N6O2. The van der Waals surface area contributed by atoms with E-state index in [-0.39, 0.29) is 45.2 Å². The first-order valence-corrected chi connectivity index (χ1v) is 15.9. The van der Waals surface area contributed by atoms with Gasteiger partial charge in [-0.15, -0.1) is 5.10 Å². The van der Waals surface area contributed by atoms with Crippen molar-refractivity contribution < 1.29 is 18.3 Å². The maximum Gasteiger partial charge on any atom is 0.223 e. The summed E-state index contributed by atoms with van der Waals surface area (Å²) in [6, 6.07) is 7.88. The summed E-state index contributed by atoms with van der Waals surface area (Å²) in [5.74, 6) is -1.37. The van der Waals surface area contributed by atoms with Crippen LogP contribution in [-0.2, 0) is 16.1 Å². The van der Waals surface area contributed by atoms with Crippen molar-refractivity contribution in [2.75, 3.05) is 32.0 Å². The lowest BCUT2D eigenvalue weighted by Gasteiger charge is -2.40. The molecule has 1 amide bonds. The summed E-state index contributed by atoms with van der Waals surface area (Å²) in [5, 5.41) is 8.40. The monoisotopic (exact) mass is 656 g/mol. The van der Waals surface area contributed by atoms with E-state index in [4.69, 9.17) is 10.5 Å². The highest BCUT2D eigenvalue weighted by molar-refractivity contribution is 9.10. The summed E-state index contributed by atoms with van der Waals surface area (Å²) in [6.07, 6.45) is 6.32. The Balaban J connectivity index is 1.09. The molecule has 43 heavy (non-hydrogen) atoms. The number of benzene rings is 2. The van der Waals surface area contributed by atoms with Crippen molar-refractivity contribution in [2.24, 2.45) is 5.41 Å². The van der Waals surface area contributed by atoms with E-state index in [1.165, 1.54) is 22.8 Å². The molecule has 1 aromatic heterocycles. The summed E-state index contributed by atoms with van der Waals surface area (Å²) in [5.41, 5.74) is 9.81. The lowest BCUT2D eigenvalue weighted by Crippen LogP contribution is -2.49. The van der Waals surface area contributed by atoms with Gasteiger partial charge >= 0.3 is 0 Å². The molecule has 11 heteroatoms. The van der Waals surface area contributed by atoms with Crippen LogP contribution in [0.5, 0.6) is 0 Å². The lowest BCUT2D eigenvalue weighted by molar-refractivity contribution is -0.146. The average Bonchev–Trinajstić information content (AvgIpc) is 3.34. The second kappa shape index (κ2) is 11.9. The van der Waals surface area contributed by atoms with Gasteiger partial charge in [-0.1, -0.05) is 29.0 Å². The number of carbonyl (C=O) groups is 1. The fourth-order valence-corrected chi connectivity index (χ4v) is 7.01. The summed E-state index contributed by atoms with van der Waals surface area (Å²) < 4.78 is 36.2. The number of morpholine rings is 1. The number of rotatable bonds is 8. The Morgan fingerprint density at radius 3 is 2.79 bits per heavy atom. The van der Waals surface area contributed by atoms with Gasteiger partial charge < -0.3 is 15.4 Å². The Morgan fingerprint density at radius 1 is 1.23 bits per heavy atom. The highest BCUT2D eigenvalue weighted by Crippen LogP contribution is 2.51. The van der Waals surface area contributed by atoms with Gasteiger partial charge in [0.25, 0.3) is 0 Å². The minimum absolute atomic E-state index is 0.000895. The highest BCUT2D eigenvalue weighted by atomic mass is 79.9. The van der Waals surface area contributed by atoms with Crippen molar-refractivity contribution in [3.63, 3.8) is 0 Å². The number of likely N-dealkylation sites (tertiary alicyclic amines) is 1. The third-order valence-corrected chi connectivity index (χ3v) is 10.2. The van der Waals surface area contributed by atoms with Crippen molar-refractivity contribution in [3.05, 3.63) is 63.3 Å². The number of hydrogen-bond donors (Lipinski definition) is 1. The molecule has 3 atom stereocenters. The van der Waals surface area contributed by atoms with Crippen LogP contribution in [-0.4, -0.2) is 69.0 Å². The maximum atomic E-state index is 14.3. The van der Waals surface area contributed by atoms with Crippen molar-refractivity contribution in [1.82, 2.24) is 24.8 Å². The molecular weight excluding hydrogens is 618 g/mol. The van der Waals surface area contributed by atoms with Crippen LogP contribution in [0.15, 0.2) is 34.9 Å². The van der Waals surface area contributed by atoms with Gasteiger partial charge in [0.05, 0.1) is 42.1 Å². The molecule has 3 heterocycles. The number of halogens is 3. The Kier molecular flexibility index (Phi) is 8.34. The van der Waals surface area contributed by atoms with Crippen LogP contribution in [0.1, 0.15) is 61.8 Å². The quantitative estimate of drug-likeness (QED) is 0.243. The van der Waals surface area contributed by atoms with E-state index in [0.29, 0.717) is 31.8 Å². The summed E-state index contributed by atoms with van der Waals surface area (Å²) >= 11 is 2.89. The van der Waals surface area contributed by atoms with E-state index in [9.17, 15) is 13.6 Å². The first-order chi connectivity index (χ1) is 20.5. The predicted octanol–water partition coefficient (Wildman–Crippen LogP) is 5.81. The molecule has 8 nitrogen and oxygen atoms in total. The Morgan fingerprint density at radius 2 is 2.02 bits per heavy atom. The molecule has 0 radical (unpaired) electrons. The molecule has 2 saturated heterocycles. The van der Waals surface area contributed by atoms with Gasteiger partial charge in [0.2, 0.25) is 5.91 Å². The standard InChI is InChI=1S/C32H39BrF2N6O2/c1-19-6-7-20(2)23(11-19)27-16-41(21(3)17-43-27)28(42)13-32(8-9-32)18-39-10-4-5-22(39)14-40-15-26(37-38-40)24-12-25(34)29(33)30(35)31(24)36/h6-7,11-12,15,21-22,27H,4-5,8-10,13-14,16-18,36H2,1-3H3. The van der Waals surface area contributed by atoms with Crippen molar-refractivity contribution in [1.29, 1.82) is 0 Å². The Bertz CT molecular complexity index is 1530. The second-order valence-corrected chi connectivity index (χ2v) is 13.6.